The van der Waals surface area contributed by atoms with Gasteiger partial charge >= 0.3 is 0 Å². The number of hydrogen-bond acceptors (Lipinski definition) is 2. The van der Waals surface area contributed by atoms with Gasteiger partial charge in [-0.25, -0.2) is 0 Å². The minimum Gasteiger partial charge on any atom is -0.314 e. The SMILES string of the molecule is Cc1cc(C(C)C(C)CNC2CC2)cs1. The van der Waals surface area contributed by atoms with Gasteiger partial charge in [0.25, 0.3) is 0 Å². The average Bonchev–Trinajstić information content (AvgIpc) is 2.95. The molecule has 1 aliphatic rings. The van der Waals surface area contributed by atoms with E-state index in [9.17, 15) is 0 Å². The first kappa shape index (κ1) is 11.2. The molecule has 1 aromatic heterocycles. The van der Waals surface area contributed by atoms with Gasteiger partial charge in [0.2, 0.25) is 0 Å². The molecule has 1 saturated carbocycles. The molecule has 1 aliphatic carbocycles. The van der Waals surface area contributed by atoms with E-state index < -0.39 is 0 Å². The number of thiophene rings is 1. The molecular weight excluding hydrogens is 202 g/mol. The van der Waals surface area contributed by atoms with Gasteiger partial charge in [-0.3, -0.25) is 0 Å². The summed E-state index contributed by atoms with van der Waals surface area (Å²) in [5.74, 6) is 1.42. The second kappa shape index (κ2) is 4.67. The summed E-state index contributed by atoms with van der Waals surface area (Å²) in [5.41, 5.74) is 1.52. The van der Waals surface area contributed by atoms with Crippen molar-refractivity contribution >= 4 is 11.3 Å². The molecule has 0 radical (unpaired) electrons. The van der Waals surface area contributed by atoms with E-state index >= 15 is 0 Å². The summed E-state index contributed by atoms with van der Waals surface area (Å²) in [6, 6.07) is 3.17. The lowest BCUT2D eigenvalue weighted by molar-refractivity contribution is 0.447. The maximum atomic E-state index is 3.62. The average molecular weight is 223 g/mol. The number of nitrogens with one attached hydrogen (secondary N) is 1. The van der Waals surface area contributed by atoms with Gasteiger partial charge < -0.3 is 5.32 Å². The third-order valence-electron chi connectivity index (χ3n) is 3.44. The summed E-state index contributed by atoms with van der Waals surface area (Å²) >= 11 is 1.87. The van der Waals surface area contributed by atoms with E-state index in [1.54, 1.807) is 0 Å². The summed E-state index contributed by atoms with van der Waals surface area (Å²) in [7, 11) is 0. The Morgan fingerprint density at radius 1 is 1.47 bits per heavy atom. The van der Waals surface area contributed by atoms with Gasteiger partial charge in [-0.1, -0.05) is 13.8 Å². The van der Waals surface area contributed by atoms with Crippen LogP contribution in [0.15, 0.2) is 11.4 Å². The van der Waals surface area contributed by atoms with Crippen LogP contribution in [0.25, 0.3) is 0 Å². The Morgan fingerprint density at radius 2 is 2.20 bits per heavy atom. The Hall–Kier alpha value is -0.340. The minimum atomic E-state index is 0.682. The van der Waals surface area contributed by atoms with Crippen LogP contribution in [0, 0.1) is 12.8 Å². The van der Waals surface area contributed by atoms with Crippen LogP contribution in [0.5, 0.6) is 0 Å². The highest BCUT2D eigenvalue weighted by atomic mass is 32.1. The molecule has 2 unspecified atom stereocenters. The first-order valence-corrected chi connectivity index (χ1v) is 6.83. The largest absolute Gasteiger partial charge is 0.314 e. The van der Waals surface area contributed by atoms with Crippen LogP contribution in [0.3, 0.4) is 0 Å². The molecule has 0 saturated heterocycles. The summed E-state index contributed by atoms with van der Waals surface area (Å²) in [6.45, 7) is 8.06. The zero-order valence-electron chi connectivity index (χ0n) is 9.92. The molecule has 2 heteroatoms. The fourth-order valence-electron chi connectivity index (χ4n) is 1.85. The molecule has 2 rings (SSSR count). The van der Waals surface area contributed by atoms with Crippen LogP contribution in [0.4, 0.5) is 0 Å². The Balaban J connectivity index is 1.85. The van der Waals surface area contributed by atoms with Crippen molar-refractivity contribution in [1.29, 1.82) is 0 Å². The normalized spacial score (nSPS) is 20.2. The molecule has 1 aromatic rings. The fourth-order valence-corrected chi connectivity index (χ4v) is 2.66. The van der Waals surface area contributed by atoms with Crippen LogP contribution in [-0.2, 0) is 0 Å². The Labute approximate surface area is 96.9 Å². The monoisotopic (exact) mass is 223 g/mol. The molecule has 0 spiro atoms. The molecule has 0 bridgehead atoms. The molecule has 1 fully saturated rings. The highest BCUT2D eigenvalue weighted by Gasteiger charge is 2.22. The maximum absolute atomic E-state index is 3.62. The summed E-state index contributed by atoms with van der Waals surface area (Å²) in [6.07, 6.45) is 2.78. The molecule has 1 N–H and O–H groups in total. The summed E-state index contributed by atoms with van der Waals surface area (Å²) in [4.78, 5) is 1.43. The number of rotatable bonds is 5. The Morgan fingerprint density at radius 3 is 2.73 bits per heavy atom. The third kappa shape index (κ3) is 3.05. The topological polar surface area (TPSA) is 12.0 Å². The predicted octanol–water partition coefficient (Wildman–Crippen LogP) is 3.55. The van der Waals surface area contributed by atoms with Crippen molar-refractivity contribution < 1.29 is 0 Å². The molecule has 1 nitrogen and oxygen atoms in total. The van der Waals surface area contributed by atoms with E-state index in [2.05, 4.69) is 37.5 Å². The van der Waals surface area contributed by atoms with E-state index in [1.807, 2.05) is 11.3 Å². The summed E-state index contributed by atoms with van der Waals surface area (Å²) in [5, 5.41) is 5.93. The van der Waals surface area contributed by atoms with Gasteiger partial charge in [0.1, 0.15) is 0 Å². The van der Waals surface area contributed by atoms with Gasteiger partial charge in [-0.05, 0) is 55.2 Å². The lowest BCUT2D eigenvalue weighted by Gasteiger charge is -2.19. The predicted molar refractivity (Wildman–Crippen MR) is 67.7 cm³/mol. The Kier molecular flexibility index (Phi) is 3.47. The van der Waals surface area contributed by atoms with Crippen molar-refractivity contribution in [3.05, 3.63) is 21.9 Å². The van der Waals surface area contributed by atoms with Crippen molar-refractivity contribution in [1.82, 2.24) is 5.32 Å². The van der Waals surface area contributed by atoms with E-state index in [-0.39, 0.29) is 0 Å². The van der Waals surface area contributed by atoms with Crippen molar-refractivity contribution in [2.45, 2.75) is 45.6 Å². The maximum Gasteiger partial charge on any atom is 0.00683 e. The van der Waals surface area contributed by atoms with Gasteiger partial charge in [0.15, 0.2) is 0 Å². The van der Waals surface area contributed by atoms with Crippen LogP contribution in [0.1, 0.15) is 43.0 Å². The zero-order chi connectivity index (χ0) is 10.8. The highest BCUT2D eigenvalue weighted by Crippen LogP contribution is 2.28. The standard InChI is InChI=1S/C13H21NS/c1-9(7-14-13-4-5-13)11(3)12-6-10(2)15-8-12/h6,8-9,11,13-14H,4-5,7H2,1-3H3. The zero-order valence-corrected chi connectivity index (χ0v) is 10.7. The summed E-state index contributed by atoms with van der Waals surface area (Å²) < 4.78 is 0. The van der Waals surface area contributed by atoms with Gasteiger partial charge in [-0.15, -0.1) is 11.3 Å². The smallest absolute Gasteiger partial charge is 0.00683 e. The van der Waals surface area contributed by atoms with Gasteiger partial charge in [-0.2, -0.15) is 0 Å². The van der Waals surface area contributed by atoms with E-state index in [1.165, 1.54) is 29.8 Å². The lowest BCUT2D eigenvalue weighted by Crippen LogP contribution is -2.25. The molecule has 0 aliphatic heterocycles. The first-order valence-electron chi connectivity index (χ1n) is 5.95. The highest BCUT2D eigenvalue weighted by molar-refractivity contribution is 7.10. The second-order valence-electron chi connectivity index (χ2n) is 4.94. The number of hydrogen-bond donors (Lipinski definition) is 1. The van der Waals surface area contributed by atoms with E-state index in [4.69, 9.17) is 0 Å². The van der Waals surface area contributed by atoms with Crippen LogP contribution in [-0.4, -0.2) is 12.6 Å². The van der Waals surface area contributed by atoms with E-state index in [0.29, 0.717) is 5.92 Å². The third-order valence-corrected chi connectivity index (χ3v) is 4.32. The quantitative estimate of drug-likeness (QED) is 0.805. The Bertz CT molecular complexity index is 314. The van der Waals surface area contributed by atoms with Gasteiger partial charge in [0, 0.05) is 10.9 Å². The number of aryl methyl sites for hydroxylation is 1. The van der Waals surface area contributed by atoms with Crippen LogP contribution in [0.2, 0.25) is 0 Å². The van der Waals surface area contributed by atoms with Crippen molar-refractivity contribution in [3.63, 3.8) is 0 Å². The molecule has 0 amide bonds. The van der Waals surface area contributed by atoms with E-state index in [0.717, 1.165) is 12.0 Å². The van der Waals surface area contributed by atoms with Crippen LogP contribution >= 0.6 is 11.3 Å². The molecule has 1 heterocycles. The van der Waals surface area contributed by atoms with Crippen molar-refractivity contribution in [3.8, 4) is 0 Å². The van der Waals surface area contributed by atoms with Crippen molar-refractivity contribution in [2.75, 3.05) is 6.54 Å². The molecule has 15 heavy (non-hydrogen) atoms. The molecule has 0 aromatic carbocycles. The first-order chi connectivity index (χ1) is 7.16. The lowest BCUT2D eigenvalue weighted by atomic mass is 9.90. The fraction of sp³-hybridized carbons (Fsp3) is 0.692. The molecule has 84 valence electrons. The van der Waals surface area contributed by atoms with Crippen LogP contribution < -0.4 is 5.32 Å². The van der Waals surface area contributed by atoms with Gasteiger partial charge in [0.05, 0.1) is 0 Å². The second-order valence-corrected chi connectivity index (χ2v) is 6.05. The van der Waals surface area contributed by atoms with Crippen molar-refractivity contribution in [2.24, 2.45) is 5.92 Å². The molecular formula is C13H21NS. The minimum absolute atomic E-state index is 0.682. The molecule has 2 atom stereocenters.